The predicted octanol–water partition coefficient (Wildman–Crippen LogP) is 1.27. The van der Waals surface area contributed by atoms with Gasteiger partial charge in [-0.25, -0.2) is 0 Å². The van der Waals surface area contributed by atoms with E-state index in [1.807, 2.05) is 0 Å². The Morgan fingerprint density at radius 2 is 1.89 bits per heavy atom. The summed E-state index contributed by atoms with van der Waals surface area (Å²) in [5.41, 5.74) is 0. The number of likely N-dealkylation sites (N-methyl/N-ethyl adjacent to an activating group) is 1. The molecule has 2 rings (SSSR count). The van der Waals surface area contributed by atoms with Crippen molar-refractivity contribution >= 4 is 5.91 Å². The first-order valence-corrected chi connectivity index (χ1v) is 7.87. The van der Waals surface area contributed by atoms with Crippen molar-refractivity contribution in [2.24, 2.45) is 5.92 Å². The van der Waals surface area contributed by atoms with Crippen LogP contribution in [0.5, 0.6) is 0 Å². The second-order valence-electron chi connectivity index (χ2n) is 6.18. The summed E-state index contributed by atoms with van der Waals surface area (Å²) in [6, 6.07) is 0.0595. The van der Waals surface area contributed by atoms with Crippen LogP contribution in [0.25, 0.3) is 0 Å². The van der Waals surface area contributed by atoms with Crippen LogP contribution in [0.1, 0.15) is 33.6 Å². The van der Waals surface area contributed by atoms with Gasteiger partial charge in [-0.1, -0.05) is 13.8 Å². The highest BCUT2D eigenvalue weighted by Gasteiger charge is 2.30. The first-order valence-electron chi connectivity index (χ1n) is 7.87. The molecular formula is C15H29N3O. The number of nitrogens with zero attached hydrogens (tertiary/aromatic N) is 3. The number of likely N-dealkylation sites (tertiary alicyclic amines) is 1. The molecule has 0 aromatic carbocycles. The predicted molar refractivity (Wildman–Crippen MR) is 78.1 cm³/mol. The Morgan fingerprint density at radius 3 is 2.47 bits per heavy atom. The highest BCUT2D eigenvalue weighted by atomic mass is 16.2. The lowest BCUT2D eigenvalue weighted by atomic mass is 9.99. The number of rotatable bonds is 3. The molecule has 2 atom stereocenters. The van der Waals surface area contributed by atoms with Crippen LogP contribution in [0.4, 0.5) is 0 Å². The van der Waals surface area contributed by atoms with Crippen molar-refractivity contribution < 1.29 is 4.79 Å². The summed E-state index contributed by atoms with van der Waals surface area (Å²) in [7, 11) is 0. The standard InChI is InChI=1S/C15H29N3O/c1-4-16-8-10-17(11-9-16)14(3)15(19)18-7-5-6-13(2)12-18/h13-14H,4-12H2,1-3H3/t13-,14+/m1/s1. The molecule has 4 nitrogen and oxygen atoms in total. The van der Waals surface area contributed by atoms with Gasteiger partial charge < -0.3 is 9.80 Å². The van der Waals surface area contributed by atoms with E-state index >= 15 is 0 Å². The van der Waals surface area contributed by atoms with Crippen LogP contribution in [0.2, 0.25) is 0 Å². The van der Waals surface area contributed by atoms with Gasteiger partial charge in [0, 0.05) is 39.3 Å². The first kappa shape index (κ1) is 14.8. The number of hydrogen-bond acceptors (Lipinski definition) is 3. The minimum Gasteiger partial charge on any atom is -0.341 e. The smallest absolute Gasteiger partial charge is 0.239 e. The molecule has 0 aliphatic carbocycles. The Hall–Kier alpha value is -0.610. The highest BCUT2D eigenvalue weighted by Crippen LogP contribution is 2.18. The number of piperidine rings is 1. The highest BCUT2D eigenvalue weighted by molar-refractivity contribution is 5.81. The molecule has 110 valence electrons. The molecule has 0 aromatic heterocycles. The average molecular weight is 267 g/mol. The maximum atomic E-state index is 12.6. The van der Waals surface area contributed by atoms with Crippen molar-refractivity contribution in [3.8, 4) is 0 Å². The van der Waals surface area contributed by atoms with Crippen molar-refractivity contribution in [3.05, 3.63) is 0 Å². The van der Waals surface area contributed by atoms with Crippen LogP contribution < -0.4 is 0 Å². The Labute approximate surface area is 117 Å². The topological polar surface area (TPSA) is 26.8 Å². The van der Waals surface area contributed by atoms with Crippen LogP contribution in [0, 0.1) is 5.92 Å². The molecule has 2 aliphatic heterocycles. The van der Waals surface area contributed by atoms with Crippen LogP contribution in [-0.4, -0.2) is 72.5 Å². The van der Waals surface area contributed by atoms with Crippen LogP contribution >= 0.6 is 0 Å². The van der Waals surface area contributed by atoms with Crippen molar-refractivity contribution in [1.82, 2.24) is 14.7 Å². The molecule has 0 bridgehead atoms. The quantitative estimate of drug-likeness (QED) is 0.770. The van der Waals surface area contributed by atoms with E-state index in [0.717, 1.165) is 45.8 Å². The molecule has 0 unspecified atom stereocenters. The van der Waals surface area contributed by atoms with Gasteiger partial charge >= 0.3 is 0 Å². The molecular weight excluding hydrogens is 238 g/mol. The van der Waals surface area contributed by atoms with Gasteiger partial charge in [0.15, 0.2) is 0 Å². The average Bonchev–Trinajstić information content (AvgIpc) is 2.46. The molecule has 0 saturated carbocycles. The fraction of sp³-hybridized carbons (Fsp3) is 0.933. The first-order chi connectivity index (χ1) is 9.11. The minimum atomic E-state index is 0.0595. The summed E-state index contributed by atoms with van der Waals surface area (Å²) in [6.45, 7) is 13.9. The molecule has 0 N–H and O–H groups in total. The summed E-state index contributed by atoms with van der Waals surface area (Å²) in [5.74, 6) is 1.01. The van der Waals surface area contributed by atoms with Gasteiger partial charge in [-0.2, -0.15) is 0 Å². The molecule has 2 heterocycles. The second kappa shape index (κ2) is 6.71. The third-order valence-electron chi connectivity index (χ3n) is 4.73. The van der Waals surface area contributed by atoms with E-state index in [2.05, 4.69) is 35.5 Å². The molecule has 0 aromatic rings. The monoisotopic (exact) mass is 267 g/mol. The van der Waals surface area contributed by atoms with Gasteiger partial charge in [0.05, 0.1) is 6.04 Å². The molecule has 0 radical (unpaired) electrons. The molecule has 2 saturated heterocycles. The number of carbonyl (C=O) groups is 1. The maximum Gasteiger partial charge on any atom is 0.239 e. The summed E-state index contributed by atoms with van der Waals surface area (Å²) in [5, 5.41) is 0. The van der Waals surface area contributed by atoms with Gasteiger partial charge in [-0.05, 0) is 32.2 Å². The normalized spacial score (nSPS) is 28.4. The van der Waals surface area contributed by atoms with E-state index in [1.165, 1.54) is 12.8 Å². The van der Waals surface area contributed by atoms with E-state index in [0.29, 0.717) is 11.8 Å². The summed E-state index contributed by atoms with van der Waals surface area (Å²) < 4.78 is 0. The second-order valence-corrected chi connectivity index (χ2v) is 6.18. The fourth-order valence-electron chi connectivity index (χ4n) is 3.28. The molecule has 19 heavy (non-hydrogen) atoms. The SMILES string of the molecule is CCN1CCN([C@@H](C)C(=O)N2CCC[C@@H](C)C2)CC1. The fourth-order valence-corrected chi connectivity index (χ4v) is 3.28. The van der Waals surface area contributed by atoms with E-state index in [4.69, 9.17) is 0 Å². The van der Waals surface area contributed by atoms with Crippen molar-refractivity contribution in [3.63, 3.8) is 0 Å². The van der Waals surface area contributed by atoms with Crippen molar-refractivity contribution in [2.45, 2.75) is 39.7 Å². The lowest BCUT2D eigenvalue weighted by Crippen LogP contribution is -2.55. The lowest BCUT2D eigenvalue weighted by Gasteiger charge is -2.40. The molecule has 0 spiro atoms. The van der Waals surface area contributed by atoms with E-state index in [9.17, 15) is 4.79 Å². The molecule has 4 heteroatoms. The van der Waals surface area contributed by atoms with Gasteiger partial charge in [-0.3, -0.25) is 9.69 Å². The summed E-state index contributed by atoms with van der Waals surface area (Å²) in [6.07, 6.45) is 2.44. The van der Waals surface area contributed by atoms with Crippen LogP contribution in [0.3, 0.4) is 0 Å². The summed E-state index contributed by atoms with van der Waals surface area (Å²) in [4.78, 5) is 19.5. The zero-order valence-corrected chi connectivity index (χ0v) is 12.8. The van der Waals surface area contributed by atoms with Gasteiger partial charge in [0.2, 0.25) is 5.91 Å². The Morgan fingerprint density at radius 1 is 1.21 bits per heavy atom. The Kier molecular flexibility index (Phi) is 5.22. The van der Waals surface area contributed by atoms with Gasteiger partial charge in [-0.15, -0.1) is 0 Å². The van der Waals surface area contributed by atoms with Crippen molar-refractivity contribution in [1.29, 1.82) is 0 Å². The zero-order chi connectivity index (χ0) is 13.8. The van der Waals surface area contributed by atoms with Crippen LogP contribution in [0.15, 0.2) is 0 Å². The lowest BCUT2D eigenvalue weighted by molar-refractivity contribution is -0.138. The number of carbonyl (C=O) groups excluding carboxylic acids is 1. The third kappa shape index (κ3) is 3.69. The largest absolute Gasteiger partial charge is 0.341 e. The number of piperazine rings is 1. The number of amides is 1. The molecule has 2 aliphatic rings. The van der Waals surface area contributed by atoms with E-state index in [-0.39, 0.29) is 6.04 Å². The maximum absolute atomic E-state index is 12.6. The summed E-state index contributed by atoms with van der Waals surface area (Å²) >= 11 is 0. The minimum absolute atomic E-state index is 0.0595. The Bertz CT molecular complexity index is 300. The van der Waals surface area contributed by atoms with Gasteiger partial charge in [0.1, 0.15) is 0 Å². The van der Waals surface area contributed by atoms with E-state index in [1.54, 1.807) is 0 Å². The third-order valence-corrected chi connectivity index (χ3v) is 4.73. The van der Waals surface area contributed by atoms with Gasteiger partial charge in [0.25, 0.3) is 0 Å². The van der Waals surface area contributed by atoms with Crippen molar-refractivity contribution in [2.75, 3.05) is 45.8 Å². The molecule has 1 amide bonds. The number of hydrogen-bond donors (Lipinski definition) is 0. The van der Waals surface area contributed by atoms with Crippen LogP contribution in [-0.2, 0) is 4.79 Å². The molecule has 2 fully saturated rings. The zero-order valence-electron chi connectivity index (χ0n) is 12.8. The Balaban J connectivity index is 1.85. The van der Waals surface area contributed by atoms with E-state index < -0.39 is 0 Å².